The first-order valence-electron chi connectivity index (χ1n) is 8.24. The zero-order valence-electron chi connectivity index (χ0n) is 14.5. The van der Waals surface area contributed by atoms with Crippen molar-refractivity contribution in [1.82, 2.24) is 9.55 Å². The van der Waals surface area contributed by atoms with Crippen molar-refractivity contribution in [2.75, 3.05) is 5.32 Å². The van der Waals surface area contributed by atoms with Crippen LogP contribution in [0.4, 0.5) is 10.1 Å². The average molecular weight is 354 g/mol. The van der Waals surface area contributed by atoms with E-state index >= 15 is 0 Å². The van der Waals surface area contributed by atoms with E-state index in [0.29, 0.717) is 6.42 Å². The van der Waals surface area contributed by atoms with Crippen molar-refractivity contribution in [1.29, 1.82) is 0 Å². The van der Waals surface area contributed by atoms with Gasteiger partial charge in [-0.25, -0.2) is 9.37 Å². The van der Waals surface area contributed by atoms with Gasteiger partial charge in [-0.1, -0.05) is 19.1 Å². The van der Waals surface area contributed by atoms with E-state index < -0.39 is 11.7 Å². The van der Waals surface area contributed by atoms with Crippen molar-refractivity contribution >= 4 is 28.5 Å². The van der Waals surface area contributed by atoms with Crippen LogP contribution in [0.5, 0.6) is 0 Å². The standard InChI is InChI=1S/C19H19FN4O2/c1-3-17-22-14-6-4-5-7-16(14)24(17)10-18(25)23-15-9-12(19(21)26)8-13(20)11(15)2/h4-9H,3,10H2,1-2H3,(H2,21,26)(H,23,25). The Balaban J connectivity index is 1.90. The summed E-state index contributed by atoms with van der Waals surface area (Å²) in [7, 11) is 0. The second-order valence-corrected chi connectivity index (χ2v) is 6.00. The highest BCUT2D eigenvalue weighted by molar-refractivity contribution is 5.97. The molecule has 3 aromatic rings. The third kappa shape index (κ3) is 3.28. The number of amides is 2. The Bertz CT molecular complexity index is 1010. The van der Waals surface area contributed by atoms with Gasteiger partial charge in [0.05, 0.1) is 11.0 Å². The van der Waals surface area contributed by atoms with E-state index in [2.05, 4.69) is 10.3 Å². The number of carbonyl (C=O) groups is 2. The van der Waals surface area contributed by atoms with Crippen LogP contribution >= 0.6 is 0 Å². The number of primary amides is 1. The third-order valence-corrected chi connectivity index (χ3v) is 4.25. The molecular weight excluding hydrogens is 335 g/mol. The van der Waals surface area contributed by atoms with Gasteiger partial charge in [0.1, 0.15) is 18.2 Å². The quantitative estimate of drug-likeness (QED) is 0.738. The number of nitrogens with two attached hydrogens (primary N) is 1. The van der Waals surface area contributed by atoms with Gasteiger partial charge >= 0.3 is 0 Å². The molecule has 1 heterocycles. The molecule has 0 atom stereocenters. The van der Waals surface area contributed by atoms with Gasteiger partial charge in [0.25, 0.3) is 0 Å². The van der Waals surface area contributed by atoms with Crippen LogP contribution < -0.4 is 11.1 Å². The average Bonchev–Trinajstić information content (AvgIpc) is 2.96. The first-order valence-corrected chi connectivity index (χ1v) is 8.24. The lowest BCUT2D eigenvalue weighted by Crippen LogP contribution is -2.21. The summed E-state index contributed by atoms with van der Waals surface area (Å²) in [5.41, 5.74) is 7.36. The van der Waals surface area contributed by atoms with Crippen LogP contribution in [0.15, 0.2) is 36.4 Å². The number of halogens is 1. The number of para-hydroxylation sites is 2. The van der Waals surface area contributed by atoms with Gasteiger partial charge in [0, 0.05) is 23.2 Å². The number of aromatic nitrogens is 2. The van der Waals surface area contributed by atoms with Crippen LogP contribution in [0.3, 0.4) is 0 Å². The normalized spacial score (nSPS) is 10.9. The number of benzene rings is 2. The van der Waals surface area contributed by atoms with Crippen molar-refractivity contribution in [3.05, 3.63) is 59.2 Å². The Morgan fingerprint density at radius 1 is 1.27 bits per heavy atom. The lowest BCUT2D eigenvalue weighted by Gasteiger charge is -2.12. The SMILES string of the molecule is CCc1nc2ccccc2n1CC(=O)Nc1cc(C(N)=O)cc(F)c1C. The summed E-state index contributed by atoms with van der Waals surface area (Å²) >= 11 is 0. The molecule has 0 unspecified atom stereocenters. The molecule has 2 amide bonds. The molecule has 26 heavy (non-hydrogen) atoms. The number of imidazole rings is 1. The van der Waals surface area contributed by atoms with Crippen LogP contribution in [0.2, 0.25) is 0 Å². The maximum Gasteiger partial charge on any atom is 0.248 e. The Hall–Kier alpha value is -3.22. The summed E-state index contributed by atoms with van der Waals surface area (Å²) in [6.45, 7) is 3.52. The molecule has 0 saturated carbocycles. The highest BCUT2D eigenvalue weighted by Crippen LogP contribution is 2.21. The Kier molecular flexibility index (Phi) is 4.71. The van der Waals surface area contributed by atoms with Crippen LogP contribution in [-0.4, -0.2) is 21.4 Å². The molecular formula is C19H19FN4O2. The van der Waals surface area contributed by atoms with Gasteiger partial charge < -0.3 is 15.6 Å². The third-order valence-electron chi connectivity index (χ3n) is 4.25. The molecule has 7 heteroatoms. The fraction of sp³-hybridized carbons (Fsp3) is 0.211. The Morgan fingerprint density at radius 3 is 2.69 bits per heavy atom. The molecule has 0 saturated heterocycles. The number of hydrogen-bond donors (Lipinski definition) is 2. The van der Waals surface area contributed by atoms with Gasteiger partial charge in [0.15, 0.2) is 0 Å². The first kappa shape index (κ1) is 17.6. The molecule has 3 rings (SSSR count). The van der Waals surface area contributed by atoms with Crippen molar-refractivity contribution in [2.45, 2.75) is 26.8 Å². The summed E-state index contributed by atoms with van der Waals surface area (Å²) in [5, 5.41) is 2.67. The van der Waals surface area contributed by atoms with Crippen molar-refractivity contribution in [3.63, 3.8) is 0 Å². The zero-order chi connectivity index (χ0) is 18.8. The summed E-state index contributed by atoms with van der Waals surface area (Å²) in [6.07, 6.45) is 0.673. The smallest absolute Gasteiger partial charge is 0.248 e. The topological polar surface area (TPSA) is 90.0 Å². The molecule has 6 nitrogen and oxygen atoms in total. The van der Waals surface area contributed by atoms with E-state index in [4.69, 9.17) is 5.73 Å². The van der Waals surface area contributed by atoms with Crippen LogP contribution in [0, 0.1) is 12.7 Å². The van der Waals surface area contributed by atoms with Gasteiger partial charge in [-0.3, -0.25) is 9.59 Å². The number of anilines is 1. The number of nitrogens with one attached hydrogen (secondary N) is 1. The maximum absolute atomic E-state index is 14.0. The van der Waals surface area contributed by atoms with Crippen molar-refractivity contribution < 1.29 is 14.0 Å². The lowest BCUT2D eigenvalue weighted by atomic mass is 10.1. The van der Waals surface area contributed by atoms with E-state index in [-0.39, 0.29) is 29.3 Å². The minimum atomic E-state index is -0.756. The predicted octanol–water partition coefficient (Wildman–Crippen LogP) is 2.78. The zero-order valence-corrected chi connectivity index (χ0v) is 14.5. The minimum Gasteiger partial charge on any atom is -0.366 e. The number of rotatable bonds is 5. The molecule has 0 spiro atoms. The van der Waals surface area contributed by atoms with Crippen LogP contribution in [-0.2, 0) is 17.8 Å². The van der Waals surface area contributed by atoms with Crippen molar-refractivity contribution in [2.24, 2.45) is 5.73 Å². The molecule has 0 fully saturated rings. The monoisotopic (exact) mass is 354 g/mol. The minimum absolute atomic E-state index is 0.00530. The number of carbonyl (C=O) groups excluding carboxylic acids is 2. The second-order valence-electron chi connectivity index (χ2n) is 6.00. The molecule has 1 aromatic heterocycles. The highest BCUT2D eigenvalue weighted by Gasteiger charge is 2.15. The molecule has 0 radical (unpaired) electrons. The fourth-order valence-electron chi connectivity index (χ4n) is 2.86. The van der Waals surface area contributed by atoms with Gasteiger partial charge in [0.2, 0.25) is 11.8 Å². The molecule has 0 aliphatic carbocycles. The van der Waals surface area contributed by atoms with E-state index in [1.165, 1.54) is 13.0 Å². The van der Waals surface area contributed by atoms with Gasteiger partial charge in [-0.15, -0.1) is 0 Å². The molecule has 2 aromatic carbocycles. The molecule has 0 aliphatic rings. The molecule has 0 aliphatic heterocycles. The Morgan fingerprint density at radius 2 is 2.00 bits per heavy atom. The summed E-state index contributed by atoms with van der Waals surface area (Å²) in [5.74, 6) is -0.908. The van der Waals surface area contributed by atoms with E-state index in [1.807, 2.05) is 35.8 Å². The summed E-state index contributed by atoms with van der Waals surface area (Å²) in [6, 6.07) is 10.00. The van der Waals surface area contributed by atoms with E-state index in [1.54, 1.807) is 0 Å². The highest BCUT2D eigenvalue weighted by atomic mass is 19.1. The predicted molar refractivity (Wildman–Crippen MR) is 97.4 cm³/mol. The molecule has 0 bridgehead atoms. The van der Waals surface area contributed by atoms with Crippen LogP contribution in [0.1, 0.15) is 28.7 Å². The van der Waals surface area contributed by atoms with Crippen LogP contribution in [0.25, 0.3) is 11.0 Å². The van der Waals surface area contributed by atoms with Gasteiger partial charge in [-0.2, -0.15) is 0 Å². The molecule has 134 valence electrons. The lowest BCUT2D eigenvalue weighted by molar-refractivity contribution is -0.116. The van der Waals surface area contributed by atoms with E-state index in [9.17, 15) is 14.0 Å². The number of hydrogen-bond acceptors (Lipinski definition) is 3. The number of nitrogens with zero attached hydrogens (tertiary/aromatic N) is 2. The second kappa shape index (κ2) is 6.95. The summed E-state index contributed by atoms with van der Waals surface area (Å²) < 4.78 is 15.8. The number of fused-ring (bicyclic) bond motifs is 1. The van der Waals surface area contributed by atoms with E-state index in [0.717, 1.165) is 22.9 Å². The fourth-order valence-corrected chi connectivity index (χ4v) is 2.86. The van der Waals surface area contributed by atoms with Crippen molar-refractivity contribution in [3.8, 4) is 0 Å². The summed E-state index contributed by atoms with van der Waals surface area (Å²) in [4.78, 5) is 28.4. The number of aryl methyl sites for hydroxylation is 1. The first-order chi connectivity index (χ1) is 12.4. The Labute approximate surface area is 149 Å². The molecule has 3 N–H and O–H groups in total. The largest absolute Gasteiger partial charge is 0.366 e. The maximum atomic E-state index is 14.0. The van der Waals surface area contributed by atoms with Gasteiger partial charge in [-0.05, 0) is 31.2 Å².